The molecule has 1 aromatic heterocycles. The van der Waals surface area contributed by atoms with Gasteiger partial charge in [-0.05, 0) is 25.2 Å². The number of halogens is 1. The third-order valence-corrected chi connectivity index (χ3v) is 4.62. The molecule has 1 saturated heterocycles. The lowest BCUT2D eigenvalue weighted by Crippen LogP contribution is -2.49. The Morgan fingerprint density at radius 2 is 2.05 bits per heavy atom. The summed E-state index contributed by atoms with van der Waals surface area (Å²) in [4.78, 5) is 23.4. The average molecular weight is 310 g/mol. The first kappa shape index (κ1) is 16.2. The number of rotatable bonds is 2. The standard InChI is InChI=1S/C16H24ClN3O/c1-9(2)15-18-7-13(17)14(19-15)16(21)20-8-10(3)6-11(4)12(20)5/h7,9-12H,6,8H2,1-5H3. The zero-order valence-corrected chi connectivity index (χ0v) is 14.2. The molecular weight excluding hydrogens is 286 g/mol. The van der Waals surface area contributed by atoms with Gasteiger partial charge in [0.25, 0.3) is 5.91 Å². The van der Waals surface area contributed by atoms with Crippen LogP contribution in [0.3, 0.4) is 0 Å². The van der Waals surface area contributed by atoms with Crippen LogP contribution in [0.25, 0.3) is 0 Å². The second-order valence-electron chi connectivity index (χ2n) is 6.60. The molecule has 0 aromatic carbocycles. The van der Waals surface area contributed by atoms with Gasteiger partial charge in [0.15, 0.2) is 5.69 Å². The first-order valence-corrected chi connectivity index (χ1v) is 8.02. The van der Waals surface area contributed by atoms with Gasteiger partial charge >= 0.3 is 0 Å². The highest BCUT2D eigenvalue weighted by atomic mass is 35.5. The van der Waals surface area contributed by atoms with Gasteiger partial charge in [-0.2, -0.15) is 0 Å². The molecule has 0 saturated carbocycles. The fraction of sp³-hybridized carbons (Fsp3) is 0.688. The van der Waals surface area contributed by atoms with Crippen LogP contribution >= 0.6 is 11.6 Å². The second kappa shape index (κ2) is 6.30. The molecule has 0 spiro atoms. The zero-order valence-electron chi connectivity index (χ0n) is 13.4. The molecule has 1 aromatic rings. The normalized spacial score (nSPS) is 26.2. The van der Waals surface area contributed by atoms with Gasteiger partial charge in [0.05, 0.1) is 11.2 Å². The minimum absolute atomic E-state index is 0.0739. The first-order chi connectivity index (χ1) is 9.81. The Hall–Kier alpha value is -1.16. The molecule has 4 nitrogen and oxygen atoms in total. The molecule has 0 N–H and O–H groups in total. The zero-order chi connectivity index (χ0) is 15.7. The highest BCUT2D eigenvalue weighted by molar-refractivity contribution is 6.33. The molecule has 3 atom stereocenters. The van der Waals surface area contributed by atoms with Crippen molar-refractivity contribution in [1.82, 2.24) is 14.9 Å². The Bertz CT molecular complexity index is 532. The van der Waals surface area contributed by atoms with E-state index >= 15 is 0 Å². The van der Waals surface area contributed by atoms with Gasteiger partial charge in [-0.25, -0.2) is 9.97 Å². The topological polar surface area (TPSA) is 46.1 Å². The summed E-state index contributed by atoms with van der Waals surface area (Å²) in [5, 5.41) is 0.336. The third-order valence-electron chi connectivity index (χ3n) is 4.34. The van der Waals surface area contributed by atoms with Crippen molar-refractivity contribution in [2.45, 2.75) is 53.0 Å². The molecule has 0 bridgehead atoms. The summed E-state index contributed by atoms with van der Waals surface area (Å²) in [6.45, 7) is 11.3. The molecule has 116 valence electrons. The number of carbonyl (C=O) groups is 1. The van der Waals surface area contributed by atoms with Crippen molar-refractivity contribution in [2.75, 3.05) is 6.54 Å². The summed E-state index contributed by atoms with van der Waals surface area (Å²) in [5.41, 5.74) is 0.337. The molecule has 1 aliphatic heterocycles. The predicted octanol–water partition coefficient (Wildman–Crippen LogP) is 3.76. The van der Waals surface area contributed by atoms with E-state index in [0.29, 0.717) is 28.4 Å². The van der Waals surface area contributed by atoms with Gasteiger partial charge in [-0.1, -0.05) is 39.3 Å². The van der Waals surface area contributed by atoms with Crippen LogP contribution in [0.15, 0.2) is 6.20 Å². The monoisotopic (exact) mass is 309 g/mol. The number of hydrogen-bond acceptors (Lipinski definition) is 3. The van der Waals surface area contributed by atoms with Crippen molar-refractivity contribution >= 4 is 17.5 Å². The number of hydrogen-bond donors (Lipinski definition) is 0. The number of amides is 1. The maximum absolute atomic E-state index is 12.8. The van der Waals surface area contributed by atoms with Crippen molar-refractivity contribution in [3.8, 4) is 0 Å². The van der Waals surface area contributed by atoms with Gasteiger partial charge in [-0.3, -0.25) is 4.79 Å². The fourth-order valence-corrected chi connectivity index (χ4v) is 3.10. The van der Waals surface area contributed by atoms with Crippen molar-refractivity contribution in [2.24, 2.45) is 11.8 Å². The molecule has 5 heteroatoms. The van der Waals surface area contributed by atoms with Gasteiger partial charge in [0, 0.05) is 18.5 Å². The van der Waals surface area contributed by atoms with E-state index in [1.165, 1.54) is 0 Å². The van der Waals surface area contributed by atoms with Crippen LogP contribution in [0, 0.1) is 11.8 Å². The highest BCUT2D eigenvalue weighted by Crippen LogP contribution is 2.29. The summed E-state index contributed by atoms with van der Waals surface area (Å²) < 4.78 is 0. The molecule has 1 amide bonds. The van der Waals surface area contributed by atoms with E-state index in [9.17, 15) is 4.79 Å². The molecule has 21 heavy (non-hydrogen) atoms. The number of piperidine rings is 1. The van der Waals surface area contributed by atoms with E-state index in [0.717, 1.165) is 13.0 Å². The molecule has 0 aliphatic carbocycles. The Morgan fingerprint density at radius 1 is 1.38 bits per heavy atom. The number of nitrogens with zero attached hydrogens (tertiary/aromatic N) is 3. The van der Waals surface area contributed by atoms with E-state index in [4.69, 9.17) is 11.6 Å². The molecule has 1 fully saturated rings. The van der Waals surface area contributed by atoms with Crippen LogP contribution in [0.5, 0.6) is 0 Å². The van der Waals surface area contributed by atoms with Crippen LogP contribution in [0.1, 0.15) is 63.3 Å². The lowest BCUT2D eigenvalue weighted by molar-refractivity contribution is 0.0449. The van der Waals surface area contributed by atoms with Crippen LogP contribution in [0.4, 0.5) is 0 Å². The second-order valence-corrected chi connectivity index (χ2v) is 7.00. The van der Waals surface area contributed by atoms with Gasteiger partial charge < -0.3 is 4.90 Å². The van der Waals surface area contributed by atoms with Gasteiger partial charge in [-0.15, -0.1) is 0 Å². The Labute approximate surface area is 131 Å². The van der Waals surface area contributed by atoms with Gasteiger partial charge in [0.1, 0.15) is 5.82 Å². The summed E-state index contributed by atoms with van der Waals surface area (Å²) in [6.07, 6.45) is 2.69. The molecule has 2 heterocycles. The molecule has 2 rings (SSSR count). The summed E-state index contributed by atoms with van der Waals surface area (Å²) in [6, 6.07) is 0.210. The van der Waals surface area contributed by atoms with Crippen LogP contribution in [0.2, 0.25) is 5.02 Å². The maximum atomic E-state index is 12.8. The number of carbonyl (C=O) groups excluding carboxylic acids is 1. The molecular formula is C16H24ClN3O. The SMILES string of the molecule is CC1CC(C)C(C)N(C(=O)c2nc(C(C)C)ncc2Cl)C1. The minimum atomic E-state index is -0.0739. The minimum Gasteiger partial charge on any atom is -0.334 e. The van der Waals surface area contributed by atoms with E-state index in [-0.39, 0.29) is 17.9 Å². The maximum Gasteiger partial charge on any atom is 0.274 e. The fourth-order valence-electron chi connectivity index (χ4n) is 2.93. The molecule has 3 unspecified atom stereocenters. The number of aromatic nitrogens is 2. The first-order valence-electron chi connectivity index (χ1n) is 7.64. The van der Waals surface area contributed by atoms with Crippen molar-refractivity contribution in [1.29, 1.82) is 0 Å². The Kier molecular flexibility index (Phi) is 4.87. The predicted molar refractivity (Wildman–Crippen MR) is 84.6 cm³/mol. The largest absolute Gasteiger partial charge is 0.334 e. The molecule has 1 aliphatic rings. The van der Waals surface area contributed by atoms with E-state index in [1.807, 2.05) is 18.7 Å². The lowest BCUT2D eigenvalue weighted by Gasteiger charge is -2.41. The smallest absolute Gasteiger partial charge is 0.274 e. The quantitative estimate of drug-likeness (QED) is 0.835. The van der Waals surface area contributed by atoms with Crippen LogP contribution in [-0.4, -0.2) is 33.4 Å². The van der Waals surface area contributed by atoms with Crippen LogP contribution in [-0.2, 0) is 0 Å². The third kappa shape index (κ3) is 3.37. The molecule has 0 radical (unpaired) electrons. The van der Waals surface area contributed by atoms with Crippen LogP contribution < -0.4 is 0 Å². The van der Waals surface area contributed by atoms with Crippen molar-refractivity contribution in [3.05, 3.63) is 22.7 Å². The average Bonchev–Trinajstić information content (AvgIpc) is 2.42. The van der Waals surface area contributed by atoms with Gasteiger partial charge in [0.2, 0.25) is 0 Å². The highest BCUT2D eigenvalue weighted by Gasteiger charge is 2.33. The summed E-state index contributed by atoms with van der Waals surface area (Å²) in [7, 11) is 0. The summed E-state index contributed by atoms with van der Waals surface area (Å²) >= 11 is 6.16. The Balaban J connectivity index is 2.32. The van der Waals surface area contributed by atoms with E-state index in [1.54, 1.807) is 6.20 Å². The Morgan fingerprint density at radius 3 is 2.67 bits per heavy atom. The van der Waals surface area contributed by atoms with Crippen molar-refractivity contribution < 1.29 is 4.79 Å². The summed E-state index contributed by atoms with van der Waals surface area (Å²) in [5.74, 6) is 1.75. The van der Waals surface area contributed by atoms with E-state index < -0.39 is 0 Å². The number of likely N-dealkylation sites (tertiary alicyclic amines) is 1. The van der Waals surface area contributed by atoms with Crippen molar-refractivity contribution in [3.63, 3.8) is 0 Å². The van der Waals surface area contributed by atoms with E-state index in [2.05, 4.69) is 30.7 Å². The lowest BCUT2D eigenvalue weighted by atomic mass is 9.86.